The van der Waals surface area contributed by atoms with Crippen molar-refractivity contribution in [3.05, 3.63) is 35.6 Å². The second kappa shape index (κ2) is 8.24. The summed E-state index contributed by atoms with van der Waals surface area (Å²) in [6.45, 7) is 3.27. The maximum absolute atomic E-state index is 13.2. The first-order valence-electron chi connectivity index (χ1n) is 8.56. The molecule has 1 spiro atoms. The highest BCUT2D eigenvalue weighted by atomic mass is 19.4. The van der Waals surface area contributed by atoms with Crippen LogP contribution in [0.1, 0.15) is 24.8 Å². The van der Waals surface area contributed by atoms with Gasteiger partial charge in [0.25, 0.3) is 0 Å². The van der Waals surface area contributed by atoms with Crippen LogP contribution >= 0.6 is 0 Å². The summed E-state index contributed by atoms with van der Waals surface area (Å²) >= 11 is 0. The molecule has 1 amide bonds. The fraction of sp³-hybridized carbons (Fsp3) is 0.556. The lowest BCUT2D eigenvalue weighted by Gasteiger charge is -2.37. The predicted molar refractivity (Wildman–Crippen MR) is 89.3 cm³/mol. The molecule has 2 saturated heterocycles. The van der Waals surface area contributed by atoms with Gasteiger partial charge < -0.3 is 14.9 Å². The molecular weight excluding hydrogens is 368 g/mol. The van der Waals surface area contributed by atoms with Crippen molar-refractivity contribution in [3.8, 4) is 0 Å². The van der Waals surface area contributed by atoms with Crippen LogP contribution in [0.15, 0.2) is 24.3 Å². The number of carboxylic acid groups (broad SMARTS) is 1. The first kappa shape index (κ1) is 21.1. The zero-order chi connectivity index (χ0) is 20.2. The van der Waals surface area contributed by atoms with Crippen LogP contribution in [0.2, 0.25) is 0 Å². The SMILES string of the molecule is CN1CCCC2(CCN(Cc3cccc(F)c3)C2=O)C1.O=C(O)C(F)(F)F. The third kappa shape index (κ3) is 5.41. The van der Waals surface area contributed by atoms with Crippen molar-refractivity contribution < 1.29 is 32.3 Å². The van der Waals surface area contributed by atoms with E-state index in [0.29, 0.717) is 6.54 Å². The molecule has 2 aliphatic rings. The number of hydrogen-bond donors (Lipinski definition) is 1. The molecular formula is C18H22F4N2O3. The molecule has 150 valence electrons. The van der Waals surface area contributed by atoms with Crippen LogP contribution < -0.4 is 0 Å². The Hall–Kier alpha value is -2.16. The van der Waals surface area contributed by atoms with Crippen molar-refractivity contribution in [2.75, 3.05) is 26.7 Å². The molecule has 0 radical (unpaired) electrons. The third-order valence-electron chi connectivity index (χ3n) is 4.87. The quantitative estimate of drug-likeness (QED) is 0.789. The van der Waals surface area contributed by atoms with Gasteiger partial charge in [-0.15, -0.1) is 0 Å². The van der Waals surface area contributed by atoms with E-state index in [-0.39, 0.29) is 17.1 Å². The molecule has 9 heteroatoms. The number of carbonyl (C=O) groups excluding carboxylic acids is 1. The summed E-state index contributed by atoms with van der Waals surface area (Å²) in [5.41, 5.74) is 0.694. The monoisotopic (exact) mass is 390 g/mol. The molecule has 2 aliphatic heterocycles. The number of halogens is 4. The lowest BCUT2D eigenvalue weighted by Crippen LogP contribution is -2.46. The number of likely N-dealkylation sites (tertiary alicyclic amines) is 2. The van der Waals surface area contributed by atoms with E-state index in [2.05, 4.69) is 11.9 Å². The molecule has 3 rings (SSSR count). The highest BCUT2D eigenvalue weighted by Crippen LogP contribution is 2.40. The molecule has 27 heavy (non-hydrogen) atoms. The minimum absolute atomic E-state index is 0.180. The van der Waals surface area contributed by atoms with Gasteiger partial charge in [-0.3, -0.25) is 4.79 Å². The van der Waals surface area contributed by atoms with E-state index in [1.54, 1.807) is 6.07 Å². The standard InChI is InChI=1S/C16H21FN2O.C2HF3O2/c1-18-8-3-6-16(12-18)7-9-19(15(16)20)11-13-4-2-5-14(17)10-13;3-2(4,5)1(6)7/h2,4-5,10H,3,6-9,11-12H2,1H3;(H,6,7). The second-order valence-corrected chi connectivity index (χ2v) is 7.03. The van der Waals surface area contributed by atoms with Crippen LogP contribution in [0.5, 0.6) is 0 Å². The number of alkyl halides is 3. The zero-order valence-electron chi connectivity index (χ0n) is 14.9. The molecule has 1 aromatic carbocycles. The molecule has 1 unspecified atom stereocenters. The number of amides is 1. The van der Waals surface area contributed by atoms with Gasteiger partial charge in [0, 0.05) is 19.6 Å². The van der Waals surface area contributed by atoms with Crippen LogP contribution in [0.25, 0.3) is 0 Å². The minimum Gasteiger partial charge on any atom is -0.475 e. The maximum atomic E-state index is 13.2. The Morgan fingerprint density at radius 2 is 1.93 bits per heavy atom. The van der Waals surface area contributed by atoms with Gasteiger partial charge in [-0.25, -0.2) is 9.18 Å². The van der Waals surface area contributed by atoms with Gasteiger partial charge in [0.2, 0.25) is 5.91 Å². The number of carbonyl (C=O) groups is 2. The van der Waals surface area contributed by atoms with Gasteiger partial charge >= 0.3 is 12.1 Å². The molecule has 2 fully saturated rings. The topological polar surface area (TPSA) is 60.9 Å². The molecule has 0 saturated carbocycles. The molecule has 2 heterocycles. The van der Waals surface area contributed by atoms with E-state index < -0.39 is 12.1 Å². The van der Waals surface area contributed by atoms with Crippen molar-refractivity contribution >= 4 is 11.9 Å². The molecule has 1 atom stereocenters. The van der Waals surface area contributed by atoms with E-state index in [0.717, 1.165) is 44.5 Å². The second-order valence-electron chi connectivity index (χ2n) is 7.03. The lowest BCUT2D eigenvalue weighted by atomic mass is 9.78. The third-order valence-corrected chi connectivity index (χ3v) is 4.87. The van der Waals surface area contributed by atoms with E-state index in [1.165, 1.54) is 12.1 Å². The smallest absolute Gasteiger partial charge is 0.475 e. The van der Waals surface area contributed by atoms with Gasteiger partial charge in [-0.1, -0.05) is 12.1 Å². The van der Waals surface area contributed by atoms with Crippen molar-refractivity contribution in [2.45, 2.75) is 32.0 Å². The summed E-state index contributed by atoms with van der Waals surface area (Å²) in [7, 11) is 2.09. The number of rotatable bonds is 2. The van der Waals surface area contributed by atoms with Crippen LogP contribution in [0.4, 0.5) is 17.6 Å². The summed E-state index contributed by atoms with van der Waals surface area (Å²) in [4.78, 5) is 25.8. The van der Waals surface area contributed by atoms with Crippen LogP contribution in [-0.2, 0) is 16.1 Å². The van der Waals surface area contributed by atoms with Crippen LogP contribution in [0.3, 0.4) is 0 Å². The molecule has 5 nitrogen and oxygen atoms in total. The van der Waals surface area contributed by atoms with Crippen LogP contribution in [-0.4, -0.2) is 59.6 Å². The number of nitrogens with zero attached hydrogens (tertiary/aromatic N) is 2. The summed E-state index contributed by atoms with van der Waals surface area (Å²) in [6.07, 6.45) is -2.06. The van der Waals surface area contributed by atoms with E-state index in [9.17, 15) is 22.4 Å². The normalized spacial score (nSPS) is 23.3. The zero-order valence-corrected chi connectivity index (χ0v) is 14.9. The Morgan fingerprint density at radius 3 is 2.48 bits per heavy atom. The molecule has 0 bridgehead atoms. The largest absolute Gasteiger partial charge is 0.490 e. The van der Waals surface area contributed by atoms with E-state index in [4.69, 9.17) is 9.90 Å². The maximum Gasteiger partial charge on any atom is 0.490 e. The predicted octanol–water partition coefficient (Wildman–Crippen LogP) is 2.90. The Morgan fingerprint density at radius 1 is 1.26 bits per heavy atom. The number of piperidine rings is 1. The average Bonchev–Trinajstić information content (AvgIpc) is 2.84. The highest BCUT2D eigenvalue weighted by molar-refractivity contribution is 5.85. The fourth-order valence-corrected chi connectivity index (χ4v) is 3.64. The van der Waals surface area contributed by atoms with E-state index >= 15 is 0 Å². The molecule has 0 aliphatic carbocycles. The number of benzene rings is 1. The van der Waals surface area contributed by atoms with Crippen molar-refractivity contribution in [2.24, 2.45) is 5.41 Å². The Labute approximate surface area is 154 Å². The van der Waals surface area contributed by atoms with Gasteiger partial charge in [-0.2, -0.15) is 13.2 Å². The Kier molecular flexibility index (Phi) is 6.46. The number of hydrogen-bond acceptors (Lipinski definition) is 3. The summed E-state index contributed by atoms with van der Waals surface area (Å²) in [6, 6.07) is 6.54. The Balaban J connectivity index is 0.000000321. The lowest BCUT2D eigenvalue weighted by molar-refractivity contribution is -0.192. The van der Waals surface area contributed by atoms with Gasteiger partial charge in [0.05, 0.1) is 5.41 Å². The van der Waals surface area contributed by atoms with Crippen molar-refractivity contribution in [1.29, 1.82) is 0 Å². The summed E-state index contributed by atoms with van der Waals surface area (Å²) in [5.74, 6) is -2.73. The number of carboxylic acids is 1. The van der Waals surface area contributed by atoms with Crippen molar-refractivity contribution in [3.63, 3.8) is 0 Å². The van der Waals surface area contributed by atoms with E-state index in [1.807, 2.05) is 11.0 Å². The fourth-order valence-electron chi connectivity index (χ4n) is 3.64. The van der Waals surface area contributed by atoms with Gasteiger partial charge in [-0.05, 0) is 50.6 Å². The van der Waals surface area contributed by atoms with Crippen LogP contribution in [0, 0.1) is 11.2 Å². The summed E-state index contributed by atoms with van der Waals surface area (Å²) in [5, 5.41) is 7.12. The first-order valence-corrected chi connectivity index (χ1v) is 8.56. The number of aliphatic carboxylic acids is 1. The molecule has 1 N–H and O–H groups in total. The average molecular weight is 390 g/mol. The minimum atomic E-state index is -5.08. The molecule has 1 aromatic rings. The van der Waals surface area contributed by atoms with Gasteiger partial charge in [0.1, 0.15) is 5.82 Å². The summed E-state index contributed by atoms with van der Waals surface area (Å²) < 4.78 is 45.0. The van der Waals surface area contributed by atoms with Gasteiger partial charge in [0.15, 0.2) is 0 Å². The molecule has 0 aromatic heterocycles. The van der Waals surface area contributed by atoms with Crippen molar-refractivity contribution in [1.82, 2.24) is 9.80 Å². The first-order chi connectivity index (χ1) is 12.5. The Bertz CT molecular complexity index is 695. The highest BCUT2D eigenvalue weighted by Gasteiger charge is 2.48.